The summed E-state index contributed by atoms with van der Waals surface area (Å²) in [5.74, 6) is 1.59. The van der Waals surface area contributed by atoms with E-state index >= 15 is 0 Å². The Morgan fingerprint density at radius 1 is 1.41 bits per heavy atom. The van der Waals surface area contributed by atoms with Gasteiger partial charge in [-0.05, 0) is 6.54 Å². The van der Waals surface area contributed by atoms with Crippen LogP contribution in [0.25, 0.3) is 11.5 Å². The first kappa shape index (κ1) is 10.3. The Labute approximate surface area is 98.7 Å². The third-order valence-corrected chi connectivity index (χ3v) is 2.99. The standard InChI is InChI=1S/C11H13N5O/c1-2-16-6-8(7-16)11-14-10(15-17-11)9-5-12-3-4-13-9/h3-5,8H,2,6-7H2,1H3. The lowest BCUT2D eigenvalue weighted by Gasteiger charge is -2.35. The molecule has 0 atom stereocenters. The molecule has 1 saturated heterocycles. The SMILES string of the molecule is CCN1CC(c2nc(-c3cnccn3)no2)C1. The normalized spacial score (nSPS) is 17.0. The number of aromatic nitrogens is 4. The highest BCUT2D eigenvalue weighted by molar-refractivity contribution is 5.45. The molecule has 0 radical (unpaired) electrons. The van der Waals surface area contributed by atoms with E-state index in [1.54, 1.807) is 18.6 Å². The molecule has 0 unspecified atom stereocenters. The van der Waals surface area contributed by atoms with Crippen molar-refractivity contribution >= 4 is 0 Å². The molecule has 0 bridgehead atoms. The van der Waals surface area contributed by atoms with Crippen LogP contribution < -0.4 is 0 Å². The summed E-state index contributed by atoms with van der Waals surface area (Å²) in [6.07, 6.45) is 4.87. The van der Waals surface area contributed by atoms with E-state index in [0.717, 1.165) is 19.6 Å². The lowest BCUT2D eigenvalue weighted by Crippen LogP contribution is -2.44. The van der Waals surface area contributed by atoms with Crippen LogP contribution in [0, 0.1) is 0 Å². The fraction of sp³-hybridized carbons (Fsp3) is 0.455. The molecule has 2 aromatic rings. The topological polar surface area (TPSA) is 67.9 Å². The van der Waals surface area contributed by atoms with Gasteiger partial charge in [-0.15, -0.1) is 0 Å². The monoisotopic (exact) mass is 231 g/mol. The summed E-state index contributed by atoms with van der Waals surface area (Å²) < 4.78 is 5.26. The van der Waals surface area contributed by atoms with Gasteiger partial charge in [0.25, 0.3) is 0 Å². The molecular weight excluding hydrogens is 218 g/mol. The molecule has 6 heteroatoms. The van der Waals surface area contributed by atoms with Crippen molar-refractivity contribution < 1.29 is 4.52 Å². The molecule has 6 nitrogen and oxygen atoms in total. The summed E-state index contributed by atoms with van der Waals surface area (Å²) in [6, 6.07) is 0. The molecule has 1 aliphatic heterocycles. The Morgan fingerprint density at radius 3 is 3.00 bits per heavy atom. The van der Waals surface area contributed by atoms with Crippen molar-refractivity contribution in [2.75, 3.05) is 19.6 Å². The van der Waals surface area contributed by atoms with E-state index in [2.05, 4.69) is 31.9 Å². The van der Waals surface area contributed by atoms with Gasteiger partial charge in [-0.1, -0.05) is 12.1 Å². The summed E-state index contributed by atoms with van der Waals surface area (Å²) >= 11 is 0. The number of likely N-dealkylation sites (N-methyl/N-ethyl adjacent to an activating group) is 1. The van der Waals surface area contributed by atoms with Gasteiger partial charge in [0.1, 0.15) is 5.69 Å². The summed E-state index contributed by atoms with van der Waals surface area (Å²) in [5.41, 5.74) is 0.647. The first-order valence-electron chi connectivity index (χ1n) is 5.69. The summed E-state index contributed by atoms with van der Waals surface area (Å²) in [7, 11) is 0. The molecule has 3 heterocycles. The quantitative estimate of drug-likeness (QED) is 0.783. The van der Waals surface area contributed by atoms with E-state index in [9.17, 15) is 0 Å². The highest BCUT2D eigenvalue weighted by Gasteiger charge is 2.31. The van der Waals surface area contributed by atoms with Crippen molar-refractivity contribution in [1.82, 2.24) is 25.0 Å². The maximum atomic E-state index is 5.26. The van der Waals surface area contributed by atoms with Gasteiger partial charge in [0.05, 0.1) is 12.1 Å². The van der Waals surface area contributed by atoms with Crippen molar-refractivity contribution in [3.63, 3.8) is 0 Å². The highest BCUT2D eigenvalue weighted by Crippen LogP contribution is 2.26. The van der Waals surface area contributed by atoms with Crippen molar-refractivity contribution in [3.05, 3.63) is 24.5 Å². The van der Waals surface area contributed by atoms with Crippen LogP contribution in [0.4, 0.5) is 0 Å². The molecule has 88 valence electrons. The van der Waals surface area contributed by atoms with E-state index in [0.29, 0.717) is 23.3 Å². The molecule has 0 N–H and O–H groups in total. The van der Waals surface area contributed by atoms with Crippen molar-refractivity contribution in [2.24, 2.45) is 0 Å². The van der Waals surface area contributed by atoms with Gasteiger partial charge in [0, 0.05) is 25.5 Å². The Hall–Kier alpha value is -1.82. The van der Waals surface area contributed by atoms with Crippen LogP contribution in [0.2, 0.25) is 0 Å². The first-order chi connectivity index (χ1) is 8.36. The molecule has 1 aliphatic rings. The number of nitrogens with zero attached hydrogens (tertiary/aromatic N) is 5. The zero-order valence-corrected chi connectivity index (χ0v) is 9.58. The molecule has 1 fully saturated rings. The Bertz CT molecular complexity index is 492. The predicted octanol–water partition coefficient (Wildman–Crippen LogP) is 0.946. The summed E-state index contributed by atoms with van der Waals surface area (Å²) in [6.45, 7) is 5.22. The molecule has 2 aromatic heterocycles. The van der Waals surface area contributed by atoms with Gasteiger partial charge in [-0.25, -0.2) is 4.98 Å². The maximum Gasteiger partial charge on any atom is 0.232 e. The molecule has 0 aliphatic carbocycles. The van der Waals surface area contributed by atoms with Crippen LogP contribution in [0.1, 0.15) is 18.7 Å². The second-order valence-electron chi connectivity index (χ2n) is 4.10. The van der Waals surface area contributed by atoms with Crippen molar-refractivity contribution in [2.45, 2.75) is 12.8 Å². The Morgan fingerprint density at radius 2 is 2.29 bits per heavy atom. The third kappa shape index (κ3) is 1.91. The Balaban J connectivity index is 1.76. The van der Waals surface area contributed by atoms with E-state index in [1.807, 2.05) is 0 Å². The van der Waals surface area contributed by atoms with Crippen LogP contribution in [0.15, 0.2) is 23.1 Å². The van der Waals surface area contributed by atoms with Gasteiger partial charge in [-0.2, -0.15) is 4.98 Å². The van der Waals surface area contributed by atoms with Gasteiger partial charge in [0.15, 0.2) is 0 Å². The number of hydrogen-bond donors (Lipinski definition) is 0. The minimum absolute atomic E-state index is 0.368. The van der Waals surface area contributed by atoms with Gasteiger partial charge in [-0.3, -0.25) is 4.98 Å². The first-order valence-corrected chi connectivity index (χ1v) is 5.69. The van der Waals surface area contributed by atoms with Crippen molar-refractivity contribution in [1.29, 1.82) is 0 Å². The Kier molecular flexibility index (Phi) is 2.56. The molecule has 0 aromatic carbocycles. The molecule has 0 amide bonds. The number of rotatable bonds is 3. The van der Waals surface area contributed by atoms with Crippen molar-refractivity contribution in [3.8, 4) is 11.5 Å². The molecule has 3 rings (SSSR count). The zero-order chi connectivity index (χ0) is 11.7. The third-order valence-electron chi connectivity index (χ3n) is 2.99. The average Bonchev–Trinajstić information content (AvgIpc) is 2.78. The minimum Gasteiger partial charge on any atom is -0.339 e. The maximum absolute atomic E-state index is 5.26. The van der Waals surface area contributed by atoms with E-state index < -0.39 is 0 Å². The molecule has 0 spiro atoms. The van der Waals surface area contributed by atoms with Crippen LogP contribution in [-0.4, -0.2) is 44.6 Å². The van der Waals surface area contributed by atoms with Gasteiger partial charge in [0.2, 0.25) is 11.7 Å². The van der Waals surface area contributed by atoms with E-state index in [1.165, 1.54) is 0 Å². The average molecular weight is 231 g/mol. The van der Waals surface area contributed by atoms with Crippen LogP contribution in [0.3, 0.4) is 0 Å². The van der Waals surface area contributed by atoms with Gasteiger partial charge < -0.3 is 9.42 Å². The fourth-order valence-electron chi connectivity index (χ4n) is 1.90. The van der Waals surface area contributed by atoms with Crippen LogP contribution >= 0.6 is 0 Å². The van der Waals surface area contributed by atoms with Crippen LogP contribution in [0.5, 0.6) is 0 Å². The van der Waals surface area contributed by atoms with E-state index in [-0.39, 0.29) is 0 Å². The van der Waals surface area contributed by atoms with Crippen LogP contribution in [-0.2, 0) is 0 Å². The smallest absolute Gasteiger partial charge is 0.232 e. The molecule has 0 saturated carbocycles. The molecule has 17 heavy (non-hydrogen) atoms. The number of hydrogen-bond acceptors (Lipinski definition) is 6. The summed E-state index contributed by atoms with van der Waals surface area (Å²) in [5, 5.41) is 3.93. The lowest BCUT2D eigenvalue weighted by atomic mass is 10.0. The van der Waals surface area contributed by atoms with Gasteiger partial charge >= 0.3 is 0 Å². The molecular formula is C11H13N5O. The zero-order valence-electron chi connectivity index (χ0n) is 9.58. The highest BCUT2D eigenvalue weighted by atomic mass is 16.5. The fourth-order valence-corrected chi connectivity index (χ4v) is 1.90. The lowest BCUT2D eigenvalue weighted by molar-refractivity contribution is 0.132. The predicted molar refractivity (Wildman–Crippen MR) is 60.2 cm³/mol. The second kappa shape index (κ2) is 4.21. The minimum atomic E-state index is 0.368. The number of likely N-dealkylation sites (tertiary alicyclic amines) is 1. The second-order valence-corrected chi connectivity index (χ2v) is 4.10. The largest absolute Gasteiger partial charge is 0.339 e. The van der Waals surface area contributed by atoms with E-state index in [4.69, 9.17) is 4.52 Å². The summed E-state index contributed by atoms with van der Waals surface area (Å²) in [4.78, 5) is 14.8.